The predicted octanol–water partition coefficient (Wildman–Crippen LogP) is 2.50. The maximum atomic E-state index is 6.02. The molecule has 12 heavy (non-hydrogen) atoms. The van der Waals surface area contributed by atoms with Crippen molar-refractivity contribution in [3.05, 3.63) is 0 Å². The molecule has 0 aliphatic carbocycles. The summed E-state index contributed by atoms with van der Waals surface area (Å²) in [7, 11) is 0. The molecular weight excluding hydrogens is 215 g/mol. The van der Waals surface area contributed by atoms with Crippen LogP contribution in [0.2, 0.25) is 0 Å². The van der Waals surface area contributed by atoms with Gasteiger partial charge in [0.2, 0.25) is 5.29 Å². The van der Waals surface area contributed by atoms with Gasteiger partial charge in [0.1, 0.15) is 5.17 Å². The number of nitrogens with zero attached hydrogens (tertiary/aromatic N) is 2. The lowest BCUT2D eigenvalue weighted by atomic mass is 10.0. The van der Waals surface area contributed by atoms with Crippen LogP contribution in [0, 0.1) is 0 Å². The zero-order valence-electron chi connectivity index (χ0n) is 6.55. The predicted molar refractivity (Wildman–Crippen MR) is 55.8 cm³/mol. The Morgan fingerprint density at radius 3 is 3.08 bits per heavy atom. The van der Waals surface area contributed by atoms with E-state index in [1.165, 1.54) is 0 Å². The molecule has 5 heteroatoms. The maximum absolute atomic E-state index is 6.02. The van der Waals surface area contributed by atoms with Crippen LogP contribution in [0.25, 0.3) is 0 Å². The minimum absolute atomic E-state index is 0.111. The molecule has 2 unspecified atom stereocenters. The fourth-order valence-corrected chi connectivity index (χ4v) is 3.40. The van der Waals surface area contributed by atoms with Gasteiger partial charge in [-0.25, -0.2) is 4.99 Å². The highest BCUT2D eigenvalue weighted by molar-refractivity contribution is 8.02. The van der Waals surface area contributed by atoms with E-state index in [2.05, 4.69) is 16.9 Å². The molecule has 1 saturated heterocycles. The lowest BCUT2D eigenvalue weighted by Gasteiger charge is -2.28. The van der Waals surface area contributed by atoms with Gasteiger partial charge in [0.25, 0.3) is 0 Å². The molecule has 0 amide bonds. The first-order chi connectivity index (χ1) is 5.63. The van der Waals surface area contributed by atoms with Crippen molar-refractivity contribution in [2.45, 2.75) is 24.1 Å². The zero-order valence-corrected chi connectivity index (χ0v) is 8.88. The Kier molecular flexibility index (Phi) is 2.13. The number of hydrogen-bond donors (Lipinski definition) is 0. The summed E-state index contributed by atoms with van der Waals surface area (Å²) in [6.45, 7) is 2.08. The molecule has 0 spiro atoms. The molecule has 0 radical (unpaired) electrons. The molecule has 66 valence electrons. The van der Waals surface area contributed by atoms with Crippen LogP contribution < -0.4 is 0 Å². The lowest BCUT2D eigenvalue weighted by molar-refractivity contribution is 0.620. The van der Waals surface area contributed by atoms with Crippen LogP contribution in [0.5, 0.6) is 0 Å². The van der Waals surface area contributed by atoms with Crippen LogP contribution in [0.1, 0.15) is 13.3 Å². The summed E-state index contributed by atoms with van der Waals surface area (Å²) < 4.78 is -0.111. The summed E-state index contributed by atoms with van der Waals surface area (Å²) in [5, 5.41) is 0.889. The molecule has 0 aromatic carbocycles. The number of aliphatic imine (C=N–C) groups is 2. The SMILES string of the molecule is CC12SCCC1N=C(Cl)N=C2Cl. The van der Waals surface area contributed by atoms with Crippen LogP contribution in [-0.4, -0.2) is 27.0 Å². The first-order valence-corrected chi connectivity index (χ1v) is 5.49. The van der Waals surface area contributed by atoms with Gasteiger partial charge < -0.3 is 0 Å². The number of hydrogen-bond acceptors (Lipinski definition) is 3. The Labute approximate surface area is 85.4 Å². The van der Waals surface area contributed by atoms with E-state index in [4.69, 9.17) is 23.2 Å². The quantitative estimate of drug-likeness (QED) is 0.579. The molecule has 2 rings (SSSR count). The smallest absolute Gasteiger partial charge is 0.219 e. The van der Waals surface area contributed by atoms with Crippen LogP contribution in [0.3, 0.4) is 0 Å². The van der Waals surface area contributed by atoms with E-state index in [0.717, 1.165) is 12.2 Å². The van der Waals surface area contributed by atoms with Crippen molar-refractivity contribution < 1.29 is 0 Å². The first-order valence-electron chi connectivity index (χ1n) is 3.75. The van der Waals surface area contributed by atoms with Gasteiger partial charge in [-0.3, -0.25) is 4.99 Å². The Morgan fingerprint density at radius 2 is 2.33 bits per heavy atom. The average Bonchev–Trinajstić information content (AvgIpc) is 2.33. The fourth-order valence-electron chi connectivity index (χ4n) is 1.49. The molecule has 0 N–H and O–H groups in total. The van der Waals surface area contributed by atoms with Crippen molar-refractivity contribution >= 4 is 45.4 Å². The fraction of sp³-hybridized carbons (Fsp3) is 0.714. The molecule has 2 nitrogen and oxygen atoms in total. The first kappa shape index (κ1) is 8.85. The Hall–Kier alpha value is 0.270. The Balaban J connectivity index is 2.40. The van der Waals surface area contributed by atoms with Crippen LogP contribution >= 0.6 is 35.0 Å². The van der Waals surface area contributed by atoms with E-state index in [1.54, 1.807) is 0 Å². The molecule has 2 aliphatic rings. The third kappa shape index (κ3) is 1.19. The minimum atomic E-state index is -0.111. The van der Waals surface area contributed by atoms with Crippen molar-refractivity contribution in [3.8, 4) is 0 Å². The number of amidine groups is 1. The number of halogens is 2. The second-order valence-corrected chi connectivity index (χ2v) is 5.30. The topological polar surface area (TPSA) is 24.7 Å². The summed E-state index contributed by atoms with van der Waals surface area (Å²) in [5.74, 6) is 1.08. The van der Waals surface area contributed by atoms with Gasteiger partial charge in [-0.1, -0.05) is 11.6 Å². The standard InChI is InChI=1S/C7H8Cl2N2S/c1-7-4(2-3-12-7)10-6(9)11-5(7)8/h4H,2-3H2,1H3. The van der Waals surface area contributed by atoms with Gasteiger partial charge >= 0.3 is 0 Å². The van der Waals surface area contributed by atoms with Gasteiger partial charge in [-0.05, 0) is 30.7 Å². The molecule has 0 aromatic heterocycles. The van der Waals surface area contributed by atoms with Crippen molar-refractivity contribution in [2.24, 2.45) is 9.98 Å². The van der Waals surface area contributed by atoms with Gasteiger partial charge in [0.05, 0.1) is 10.8 Å². The summed E-state index contributed by atoms with van der Waals surface area (Å²) in [6.07, 6.45) is 1.04. The van der Waals surface area contributed by atoms with Gasteiger partial charge in [-0.2, -0.15) is 0 Å². The van der Waals surface area contributed by atoms with Gasteiger partial charge in [0, 0.05) is 0 Å². The normalized spacial score (nSPS) is 40.4. The van der Waals surface area contributed by atoms with Crippen molar-refractivity contribution in [1.82, 2.24) is 0 Å². The number of fused-ring (bicyclic) bond motifs is 1. The van der Waals surface area contributed by atoms with Crippen LogP contribution in [0.4, 0.5) is 0 Å². The van der Waals surface area contributed by atoms with Gasteiger partial charge in [-0.15, -0.1) is 11.8 Å². The summed E-state index contributed by atoms with van der Waals surface area (Å²) >= 11 is 13.5. The number of thioether (sulfide) groups is 1. The molecular formula is C7H8Cl2N2S. The van der Waals surface area contributed by atoms with Crippen molar-refractivity contribution in [1.29, 1.82) is 0 Å². The summed E-state index contributed by atoms with van der Waals surface area (Å²) in [5.41, 5.74) is 0. The second kappa shape index (κ2) is 2.89. The minimum Gasteiger partial charge on any atom is -0.251 e. The van der Waals surface area contributed by atoms with E-state index in [9.17, 15) is 0 Å². The average molecular weight is 223 g/mol. The third-order valence-corrected chi connectivity index (χ3v) is 4.57. The third-order valence-electron chi connectivity index (χ3n) is 2.29. The molecule has 0 aromatic rings. The van der Waals surface area contributed by atoms with Crippen molar-refractivity contribution in [3.63, 3.8) is 0 Å². The highest BCUT2D eigenvalue weighted by Gasteiger charge is 2.45. The van der Waals surface area contributed by atoms with Crippen LogP contribution in [0.15, 0.2) is 9.98 Å². The van der Waals surface area contributed by atoms with Crippen molar-refractivity contribution in [2.75, 3.05) is 5.75 Å². The summed E-state index contributed by atoms with van der Waals surface area (Å²) in [6, 6.07) is 0.222. The highest BCUT2D eigenvalue weighted by Crippen LogP contribution is 2.44. The molecule has 0 bridgehead atoms. The van der Waals surface area contributed by atoms with Gasteiger partial charge in [0.15, 0.2) is 0 Å². The molecule has 0 saturated carbocycles. The Bertz CT molecular complexity index is 277. The highest BCUT2D eigenvalue weighted by atomic mass is 35.5. The van der Waals surface area contributed by atoms with E-state index in [-0.39, 0.29) is 10.8 Å². The second-order valence-electron chi connectivity index (χ2n) is 3.06. The maximum Gasteiger partial charge on any atom is 0.219 e. The van der Waals surface area contributed by atoms with E-state index < -0.39 is 0 Å². The lowest BCUT2D eigenvalue weighted by Crippen LogP contribution is -2.39. The van der Waals surface area contributed by atoms with E-state index >= 15 is 0 Å². The summed E-state index contributed by atoms with van der Waals surface area (Å²) in [4.78, 5) is 8.23. The largest absolute Gasteiger partial charge is 0.251 e. The zero-order chi connectivity index (χ0) is 8.77. The molecule has 2 aliphatic heterocycles. The molecule has 2 heterocycles. The number of rotatable bonds is 0. The Morgan fingerprint density at radius 1 is 1.58 bits per heavy atom. The van der Waals surface area contributed by atoms with Crippen LogP contribution in [-0.2, 0) is 0 Å². The van der Waals surface area contributed by atoms with E-state index in [1.807, 2.05) is 11.8 Å². The van der Waals surface area contributed by atoms with E-state index in [0.29, 0.717) is 10.5 Å². The molecule has 1 fully saturated rings. The molecule has 2 atom stereocenters. The monoisotopic (exact) mass is 222 g/mol.